The Kier molecular flexibility index (Phi) is 5.20. The van der Waals surface area contributed by atoms with Gasteiger partial charge in [0, 0.05) is 13.1 Å². The molecule has 1 aromatic rings. The molecule has 2 amide bonds. The number of amides is 2. The monoisotopic (exact) mass is 290 g/mol. The van der Waals surface area contributed by atoms with Crippen LogP contribution in [0.1, 0.15) is 43.4 Å². The number of nitrogens with one attached hydrogen (secondary N) is 1. The number of hydrogen-bond acceptors (Lipinski definition) is 2. The summed E-state index contributed by atoms with van der Waals surface area (Å²) in [4.78, 5) is 24.5. The number of benzene rings is 1. The lowest BCUT2D eigenvalue weighted by molar-refractivity contribution is -0.137. The number of fused-ring (bicyclic) bond motifs is 1. The first-order chi connectivity index (χ1) is 10.1. The van der Waals surface area contributed by atoms with Gasteiger partial charge in [-0.05, 0) is 37.3 Å². The molecule has 0 bridgehead atoms. The fraction of sp³-hybridized carbons (Fsp3) is 0.500. The van der Waals surface area contributed by atoms with Crippen LogP contribution in [0.2, 0.25) is 0 Å². The fourth-order valence-corrected chi connectivity index (χ4v) is 2.78. The summed E-state index contributed by atoms with van der Waals surface area (Å²) in [5.74, 6) is -0.885. The Balaban J connectivity index is 2.01. The van der Waals surface area contributed by atoms with Crippen molar-refractivity contribution in [3.8, 4) is 0 Å². The summed E-state index contributed by atoms with van der Waals surface area (Å²) in [5.41, 5.74) is 2.48. The Morgan fingerprint density at radius 3 is 2.86 bits per heavy atom. The lowest BCUT2D eigenvalue weighted by Gasteiger charge is -2.29. The highest BCUT2D eigenvalue weighted by Crippen LogP contribution is 2.29. The van der Waals surface area contributed by atoms with E-state index in [0.29, 0.717) is 6.54 Å². The first-order valence-corrected chi connectivity index (χ1v) is 7.47. The summed E-state index contributed by atoms with van der Waals surface area (Å²) in [6.07, 6.45) is 3.02. The molecule has 0 saturated carbocycles. The number of nitrogens with zero attached hydrogens (tertiary/aromatic N) is 1. The van der Waals surface area contributed by atoms with Crippen molar-refractivity contribution in [2.45, 2.75) is 38.6 Å². The van der Waals surface area contributed by atoms with E-state index in [1.807, 2.05) is 19.1 Å². The quantitative estimate of drug-likeness (QED) is 0.875. The maximum Gasteiger partial charge on any atom is 0.317 e. The number of aryl methyl sites for hydroxylation is 1. The Labute approximate surface area is 125 Å². The molecule has 1 unspecified atom stereocenters. The average molecular weight is 290 g/mol. The molecule has 1 aliphatic carbocycles. The molecule has 1 atom stereocenters. The van der Waals surface area contributed by atoms with E-state index in [1.165, 1.54) is 11.1 Å². The Hall–Kier alpha value is -2.04. The molecule has 1 aromatic carbocycles. The summed E-state index contributed by atoms with van der Waals surface area (Å²) >= 11 is 0. The van der Waals surface area contributed by atoms with Crippen molar-refractivity contribution in [2.24, 2.45) is 0 Å². The second-order valence-corrected chi connectivity index (χ2v) is 5.32. The highest BCUT2D eigenvalue weighted by atomic mass is 16.4. The normalized spacial score (nSPS) is 16.9. The molecule has 114 valence electrons. The molecule has 0 radical (unpaired) electrons. The molecule has 0 aromatic heterocycles. The number of rotatable bonds is 5. The van der Waals surface area contributed by atoms with Gasteiger partial charge in [0.15, 0.2) is 0 Å². The summed E-state index contributed by atoms with van der Waals surface area (Å²) in [6, 6.07) is 8.03. The number of carbonyl (C=O) groups excluding carboxylic acids is 1. The van der Waals surface area contributed by atoms with Gasteiger partial charge in [-0.2, -0.15) is 0 Å². The second kappa shape index (κ2) is 7.11. The van der Waals surface area contributed by atoms with Crippen molar-refractivity contribution in [3.05, 3.63) is 35.4 Å². The molecular formula is C16H22N2O3. The van der Waals surface area contributed by atoms with E-state index >= 15 is 0 Å². The van der Waals surface area contributed by atoms with Gasteiger partial charge in [0.2, 0.25) is 0 Å². The third-order valence-electron chi connectivity index (χ3n) is 3.93. The fourth-order valence-electron chi connectivity index (χ4n) is 2.78. The van der Waals surface area contributed by atoms with Gasteiger partial charge in [-0.3, -0.25) is 4.79 Å². The molecule has 0 saturated heterocycles. The van der Waals surface area contributed by atoms with Crippen molar-refractivity contribution in [1.29, 1.82) is 0 Å². The summed E-state index contributed by atoms with van der Waals surface area (Å²) in [6.45, 7) is 2.61. The predicted octanol–water partition coefficient (Wildman–Crippen LogP) is 2.57. The minimum atomic E-state index is -0.885. The zero-order valence-electron chi connectivity index (χ0n) is 12.3. The van der Waals surface area contributed by atoms with Crippen LogP contribution in [-0.4, -0.2) is 35.1 Å². The van der Waals surface area contributed by atoms with Crippen LogP contribution in [0.3, 0.4) is 0 Å². The smallest absolute Gasteiger partial charge is 0.317 e. The van der Waals surface area contributed by atoms with E-state index in [4.69, 9.17) is 5.11 Å². The van der Waals surface area contributed by atoms with Crippen LogP contribution >= 0.6 is 0 Å². The zero-order valence-corrected chi connectivity index (χ0v) is 12.3. The van der Waals surface area contributed by atoms with Crippen molar-refractivity contribution < 1.29 is 14.7 Å². The SMILES string of the molecule is CCN(CCC(=O)O)C(=O)NC1CCCc2ccccc21. The van der Waals surface area contributed by atoms with Gasteiger partial charge >= 0.3 is 12.0 Å². The standard InChI is InChI=1S/C16H22N2O3/c1-2-18(11-10-15(19)20)16(21)17-14-9-5-7-12-6-3-4-8-13(12)14/h3-4,6,8,14H,2,5,7,9-11H2,1H3,(H,17,21)(H,19,20). The van der Waals surface area contributed by atoms with Crippen LogP contribution in [0.4, 0.5) is 4.79 Å². The van der Waals surface area contributed by atoms with E-state index in [9.17, 15) is 9.59 Å². The lowest BCUT2D eigenvalue weighted by Crippen LogP contribution is -2.43. The van der Waals surface area contributed by atoms with E-state index in [2.05, 4.69) is 17.4 Å². The highest BCUT2D eigenvalue weighted by Gasteiger charge is 2.23. The minimum Gasteiger partial charge on any atom is -0.481 e. The molecule has 5 heteroatoms. The molecule has 1 aliphatic rings. The Morgan fingerprint density at radius 1 is 1.38 bits per heavy atom. The molecule has 0 heterocycles. The van der Waals surface area contributed by atoms with E-state index in [-0.39, 0.29) is 25.0 Å². The van der Waals surface area contributed by atoms with Crippen LogP contribution in [0.15, 0.2) is 24.3 Å². The van der Waals surface area contributed by atoms with Gasteiger partial charge in [0.1, 0.15) is 0 Å². The van der Waals surface area contributed by atoms with Crippen LogP contribution < -0.4 is 5.32 Å². The predicted molar refractivity (Wildman–Crippen MR) is 80.2 cm³/mol. The molecule has 0 spiro atoms. The van der Waals surface area contributed by atoms with Gasteiger partial charge < -0.3 is 15.3 Å². The van der Waals surface area contributed by atoms with Gasteiger partial charge in [-0.1, -0.05) is 24.3 Å². The first kappa shape index (κ1) is 15.4. The second-order valence-electron chi connectivity index (χ2n) is 5.32. The summed E-state index contributed by atoms with van der Waals surface area (Å²) < 4.78 is 0. The number of carbonyl (C=O) groups is 2. The van der Waals surface area contributed by atoms with E-state index < -0.39 is 5.97 Å². The minimum absolute atomic E-state index is 0.0253. The third kappa shape index (κ3) is 3.97. The summed E-state index contributed by atoms with van der Waals surface area (Å²) in [5, 5.41) is 11.8. The largest absolute Gasteiger partial charge is 0.481 e. The van der Waals surface area contributed by atoms with Crippen LogP contribution in [0.5, 0.6) is 0 Å². The first-order valence-electron chi connectivity index (χ1n) is 7.47. The van der Waals surface area contributed by atoms with Crippen molar-refractivity contribution >= 4 is 12.0 Å². The van der Waals surface area contributed by atoms with Gasteiger partial charge in [0.25, 0.3) is 0 Å². The van der Waals surface area contributed by atoms with Crippen molar-refractivity contribution in [1.82, 2.24) is 10.2 Å². The number of aliphatic carboxylic acids is 1. The highest BCUT2D eigenvalue weighted by molar-refractivity contribution is 5.76. The zero-order chi connectivity index (χ0) is 15.2. The van der Waals surface area contributed by atoms with Crippen LogP contribution in [-0.2, 0) is 11.2 Å². The Bertz CT molecular complexity index is 516. The number of hydrogen-bond donors (Lipinski definition) is 2. The van der Waals surface area contributed by atoms with Crippen LogP contribution in [0.25, 0.3) is 0 Å². The van der Waals surface area contributed by atoms with Gasteiger partial charge in [-0.15, -0.1) is 0 Å². The maximum absolute atomic E-state index is 12.3. The van der Waals surface area contributed by atoms with Gasteiger partial charge in [-0.25, -0.2) is 4.79 Å². The van der Waals surface area contributed by atoms with Crippen molar-refractivity contribution in [3.63, 3.8) is 0 Å². The van der Waals surface area contributed by atoms with Gasteiger partial charge in [0.05, 0.1) is 12.5 Å². The van der Waals surface area contributed by atoms with Crippen molar-refractivity contribution in [2.75, 3.05) is 13.1 Å². The molecule has 2 N–H and O–H groups in total. The number of carboxylic acids is 1. The molecule has 0 aliphatic heterocycles. The molecule has 21 heavy (non-hydrogen) atoms. The lowest BCUT2D eigenvalue weighted by atomic mass is 9.88. The number of carboxylic acid groups (broad SMARTS) is 1. The molecular weight excluding hydrogens is 268 g/mol. The topological polar surface area (TPSA) is 69.6 Å². The van der Waals surface area contributed by atoms with E-state index in [1.54, 1.807) is 4.90 Å². The molecule has 5 nitrogen and oxygen atoms in total. The summed E-state index contributed by atoms with van der Waals surface area (Å²) in [7, 11) is 0. The Morgan fingerprint density at radius 2 is 2.14 bits per heavy atom. The maximum atomic E-state index is 12.3. The third-order valence-corrected chi connectivity index (χ3v) is 3.93. The van der Waals surface area contributed by atoms with E-state index in [0.717, 1.165) is 19.3 Å². The molecule has 0 fully saturated rings. The molecule has 2 rings (SSSR count). The van der Waals surface area contributed by atoms with Crippen LogP contribution in [0, 0.1) is 0 Å². The average Bonchev–Trinajstić information content (AvgIpc) is 2.48. The number of urea groups is 1.